The zero-order chi connectivity index (χ0) is 19.3. The third kappa shape index (κ3) is 3.52. The third-order valence-electron chi connectivity index (χ3n) is 5.69. The lowest BCUT2D eigenvalue weighted by molar-refractivity contribution is 0.262. The van der Waals surface area contributed by atoms with Crippen molar-refractivity contribution in [2.24, 2.45) is 11.8 Å². The van der Waals surface area contributed by atoms with Gasteiger partial charge in [-0.25, -0.2) is 13.6 Å². The largest absolute Gasteiger partial charge is 0.323 e. The van der Waals surface area contributed by atoms with Crippen molar-refractivity contribution < 1.29 is 13.6 Å². The Kier molecular flexibility index (Phi) is 5.10. The summed E-state index contributed by atoms with van der Waals surface area (Å²) in [6.07, 6.45) is 3.34. The van der Waals surface area contributed by atoms with E-state index in [0.717, 1.165) is 23.9 Å². The number of benzene rings is 2. The molecule has 8 heteroatoms. The Morgan fingerprint density at radius 1 is 1.07 bits per heavy atom. The number of hydrogen-bond acceptors (Lipinski definition) is 3. The fourth-order valence-electron chi connectivity index (χ4n) is 4.34. The van der Waals surface area contributed by atoms with Gasteiger partial charge in [-0.1, -0.05) is 12.1 Å². The molecule has 5 rings (SSSR count). The van der Waals surface area contributed by atoms with Gasteiger partial charge in [0.1, 0.15) is 11.6 Å². The molecule has 1 aliphatic carbocycles. The Hall–Kier alpha value is -2.77. The predicted molar refractivity (Wildman–Crippen MR) is 111 cm³/mol. The second-order valence-electron chi connectivity index (χ2n) is 7.35. The first kappa shape index (κ1) is 19.5. The number of piperidine rings is 1. The maximum Gasteiger partial charge on any atom is 0.323 e. The van der Waals surface area contributed by atoms with Gasteiger partial charge < -0.3 is 16.0 Å². The predicted octanol–water partition coefficient (Wildman–Crippen LogP) is 4.51. The van der Waals surface area contributed by atoms with E-state index in [0.29, 0.717) is 17.5 Å². The molecule has 1 saturated carbocycles. The van der Waals surface area contributed by atoms with E-state index in [2.05, 4.69) is 20.9 Å². The van der Waals surface area contributed by atoms with Gasteiger partial charge in [0.15, 0.2) is 0 Å². The fourth-order valence-corrected chi connectivity index (χ4v) is 4.34. The minimum atomic E-state index is -0.606. The number of anilines is 2. The van der Waals surface area contributed by atoms with E-state index in [1.807, 2.05) is 6.07 Å². The van der Waals surface area contributed by atoms with Gasteiger partial charge >= 0.3 is 6.03 Å². The van der Waals surface area contributed by atoms with E-state index in [-0.39, 0.29) is 29.6 Å². The van der Waals surface area contributed by atoms with Crippen LogP contribution in [-0.2, 0) is 0 Å². The van der Waals surface area contributed by atoms with Crippen LogP contribution in [0.25, 0.3) is 10.8 Å². The average molecular weight is 417 g/mol. The molecule has 5 nitrogen and oxygen atoms in total. The van der Waals surface area contributed by atoms with Crippen LogP contribution >= 0.6 is 12.4 Å². The SMILES string of the molecule is Cl.O=C(Nc1cc(F)c(C2C3CNCC32)c(F)c1)Nc1cccc2cnccc12. The van der Waals surface area contributed by atoms with Crippen LogP contribution in [0.3, 0.4) is 0 Å². The van der Waals surface area contributed by atoms with Crippen LogP contribution in [0.4, 0.5) is 25.0 Å². The molecule has 2 fully saturated rings. The van der Waals surface area contributed by atoms with Crippen LogP contribution in [0.1, 0.15) is 11.5 Å². The number of aromatic nitrogens is 1. The molecule has 2 unspecified atom stereocenters. The first-order chi connectivity index (χ1) is 13.6. The van der Waals surface area contributed by atoms with Gasteiger partial charge in [0.25, 0.3) is 0 Å². The number of halogens is 3. The molecule has 3 aromatic rings. The molecule has 0 radical (unpaired) electrons. The number of nitrogens with zero attached hydrogens (tertiary/aromatic N) is 1. The minimum absolute atomic E-state index is 0. The van der Waals surface area contributed by atoms with E-state index in [9.17, 15) is 13.6 Å². The Balaban J connectivity index is 0.00000205. The smallest absolute Gasteiger partial charge is 0.316 e. The van der Waals surface area contributed by atoms with Gasteiger partial charge in [-0.2, -0.15) is 0 Å². The second kappa shape index (κ2) is 7.57. The van der Waals surface area contributed by atoms with Crippen molar-refractivity contribution in [2.45, 2.75) is 5.92 Å². The van der Waals surface area contributed by atoms with Crippen LogP contribution in [0, 0.1) is 23.5 Å². The maximum absolute atomic E-state index is 14.6. The highest BCUT2D eigenvalue weighted by Gasteiger charge is 2.55. The normalized spacial score (nSPS) is 21.9. The molecular weight excluding hydrogens is 398 g/mol. The summed E-state index contributed by atoms with van der Waals surface area (Å²) in [5, 5.41) is 10.2. The van der Waals surface area contributed by atoms with Gasteiger partial charge in [0.05, 0.1) is 5.69 Å². The zero-order valence-corrected chi connectivity index (χ0v) is 16.1. The van der Waals surface area contributed by atoms with Crippen molar-refractivity contribution in [3.05, 3.63) is 66.0 Å². The fraction of sp³-hybridized carbons (Fsp3) is 0.238. The molecule has 29 heavy (non-hydrogen) atoms. The molecule has 2 aliphatic rings. The Morgan fingerprint density at radius 2 is 1.79 bits per heavy atom. The van der Waals surface area contributed by atoms with Crippen molar-refractivity contribution in [3.8, 4) is 0 Å². The van der Waals surface area contributed by atoms with Gasteiger partial charge in [-0.15, -0.1) is 12.4 Å². The van der Waals surface area contributed by atoms with Crippen LogP contribution in [0.15, 0.2) is 48.8 Å². The first-order valence-electron chi connectivity index (χ1n) is 9.22. The summed E-state index contributed by atoms with van der Waals surface area (Å²) in [7, 11) is 0. The van der Waals surface area contributed by atoms with Crippen molar-refractivity contribution in [2.75, 3.05) is 23.7 Å². The number of fused-ring (bicyclic) bond motifs is 2. The van der Waals surface area contributed by atoms with E-state index < -0.39 is 17.7 Å². The number of carbonyl (C=O) groups is 1. The van der Waals surface area contributed by atoms with Crippen LogP contribution in [-0.4, -0.2) is 24.1 Å². The Labute approximate surface area is 172 Å². The van der Waals surface area contributed by atoms with E-state index in [1.165, 1.54) is 12.1 Å². The van der Waals surface area contributed by atoms with Gasteiger partial charge in [-0.3, -0.25) is 4.98 Å². The highest BCUT2D eigenvalue weighted by Crippen LogP contribution is 2.57. The lowest BCUT2D eigenvalue weighted by Gasteiger charge is -2.12. The maximum atomic E-state index is 14.6. The van der Waals surface area contributed by atoms with Gasteiger partial charge in [-0.05, 0) is 55.1 Å². The number of carbonyl (C=O) groups excluding carboxylic acids is 1. The topological polar surface area (TPSA) is 66.1 Å². The molecule has 1 aliphatic heterocycles. The van der Waals surface area contributed by atoms with Crippen molar-refractivity contribution in [3.63, 3.8) is 0 Å². The molecule has 3 N–H and O–H groups in total. The monoisotopic (exact) mass is 416 g/mol. The summed E-state index contributed by atoms with van der Waals surface area (Å²) in [6, 6.07) is 9.04. The number of rotatable bonds is 3. The van der Waals surface area contributed by atoms with Gasteiger partial charge in [0.2, 0.25) is 0 Å². The molecule has 2 atom stereocenters. The number of hydrogen-bond donors (Lipinski definition) is 3. The summed E-state index contributed by atoms with van der Waals surface area (Å²) in [5.41, 5.74) is 0.819. The molecule has 150 valence electrons. The summed E-state index contributed by atoms with van der Waals surface area (Å²) in [4.78, 5) is 16.4. The molecule has 1 saturated heterocycles. The van der Waals surface area contributed by atoms with E-state index in [4.69, 9.17) is 0 Å². The highest BCUT2D eigenvalue weighted by atomic mass is 35.5. The second-order valence-corrected chi connectivity index (χ2v) is 7.35. The lowest BCUT2D eigenvalue weighted by atomic mass is 10.0. The molecule has 0 spiro atoms. The number of pyridine rings is 1. The summed E-state index contributed by atoms with van der Waals surface area (Å²) in [6.45, 7) is 1.61. The van der Waals surface area contributed by atoms with Crippen molar-refractivity contribution in [1.82, 2.24) is 10.3 Å². The summed E-state index contributed by atoms with van der Waals surface area (Å²) < 4.78 is 29.1. The van der Waals surface area contributed by atoms with Crippen molar-refractivity contribution >= 4 is 40.6 Å². The van der Waals surface area contributed by atoms with Crippen LogP contribution in [0.5, 0.6) is 0 Å². The Morgan fingerprint density at radius 3 is 2.52 bits per heavy atom. The number of nitrogens with one attached hydrogen (secondary N) is 3. The number of amides is 2. The summed E-state index contributed by atoms with van der Waals surface area (Å²) >= 11 is 0. The molecule has 2 heterocycles. The molecule has 2 aromatic carbocycles. The van der Waals surface area contributed by atoms with Gasteiger partial charge in [0, 0.05) is 34.4 Å². The molecule has 0 bridgehead atoms. The molecule has 1 aromatic heterocycles. The van der Waals surface area contributed by atoms with Crippen LogP contribution in [0.2, 0.25) is 0 Å². The third-order valence-corrected chi connectivity index (χ3v) is 5.69. The highest BCUT2D eigenvalue weighted by molar-refractivity contribution is 6.06. The van der Waals surface area contributed by atoms with E-state index >= 15 is 0 Å². The first-order valence-corrected chi connectivity index (χ1v) is 9.22. The average Bonchev–Trinajstić information content (AvgIpc) is 3.10. The standard InChI is InChI=1S/C21H18F2N4O.ClH/c22-16-6-12(7-17(23)20(16)19-14-9-25-10-15(14)19)26-21(28)27-18-3-1-2-11-8-24-5-4-13(11)18;/h1-8,14-15,19,25H,9-10H2,(H2,26,27,28);1H. The molecular formula is C21H19ClF2N4O. The molecule has 2 amide bonds. The summed E-state index contributed by atoms with van der Waals surface area (Å²) in [5.74, 6) is -0.649. The lowest BCUT2D eigenvalue weighted by Crippen LogP contribution is -2.20. The Bertz CT molecular complexity index is 1050. The van der Waals surface area contributed by atoms with Crippen LogP contribution < -0.4 is 16.0 Å². The zero-order valence-electron chi connectivity index (χ0n) is 15.3. The quantitative estimate of drug-likeness (QED) is 0.588. The minimum Gasteiger partial charge on any atom is -0.316 e. The number of urea groups is 1. The van der Waals surface area contributed by atoms with Crippen molar-refractivity contribution in [1.29, 1.82) is 0 Å². The van der Waals surface area contributed by atoms with E-state index in [1.54, 1.807) is 30.6 Å².